The summed E-state index contributed by atoms with van der Waals surface area (Å²) in [5, 5.41) is 3.30. The Balaban J connectivity index is 1.59. The summed E-state index contributed by atoms with van der Waals surface area (Å²) in [5.74, 6) is 0.815. The number of hydrogen-bond donors (Lipinski definition) is 1. The van der Waals surface area contributed by atoms with Crippen LogP contribution in [0.5, 0.6) is 5.88 Å². The predicted octanol–water partition coefficient (Wildman–Crippen LogP) is 7.12. The smallest absolute Gasteiger partial charge is 0.226 e. The molecule has 1 N–H and O–H groups in total. The van der Waals surface area contributed by atoms with E-state index in [1.165, 1.54) is 44.2 Å². The van der Waals surface area contributed by atoms with Crippen molar-refractivity contribution in [3.8, 4) is 5.88 Å². The first kappa shape index (κ1) is 26.6. The molecule has 7 nitrogen and oxygen atoms in total. The molecule has 0 atom stereocenters. The van der Waals surface area contributed by atoms with E-state index in [0.29, 0.717) is 41.4 Å². The number of pyridine rings is 1. The van der Waals surface area contributed by atoms with E-state index in [-0.39, 0.29) is 28.3 Å². The van der Waals surface area contributed by atoms with Crippen LogP contribution >= 0.6 is 23.2 Å². The lowest BCUT2D eigenvalue weighted by Crippen LogP contribution is -2.11. The largest absolute Gasteiger partial charge is 0.475 e. The van der Waals surface area contributed by atoms with E-state index in [4.69, 9.17) is 32.7 Å². The number of anilines is 2. The fraction of sp³-hybridized carbons (Fsp3) is 0.500. The molecule has 2 aromatic heterocycles. The summed E-state index contributed by atoms with van der Waals surface area (Å²) in [6.07, 6.45) is 8.78. The van der Waals surface area contributed by atoms with Crippen LogP contribution in [0.15, 0.2) is 18.2 Å². The number of imidazole rings is 1. The average Bonchev–Trinajstić information content (AvgIpc) is 3.16. The second kappa shape index (κ2) is 12.2. The Morgan fingerprint density at radius 3 is 2.56 bits per heavy atom. The number of ether oxygens (including phenoxy) is 2. The number of ketones is 1. The molecule has 0 amide bonds. The van der Waals surface area contributed by atoms with Crippen molar-refractivity contribution < 1.29 is 18.7 Å². The first-order valence-electron chi connectivity index (χ1n) is 12.3. The zero-order valence-corrected chi connectivity index (χ0v) is 22.1. The van der Waals surface area contributed by atoms with Crippen LogP contribution in [-0.2, 0) is 11.8 Å². The number of rotatable bonds is 11. The van der Waals surface area contributed by atoms with Gasteiger partial charge < -0.3 is 14.8 Å². The Kier molecular flexibility index (Phi) is 9.04. The minimum atomic E-state index is -0.535. The number of carbonyl (C=O) groups excluding carboxylic acids is 1. The molecule has 1 aromatic carbocycles. The monoisotopic (exact) mass is 536 g/mol. The zero-order chi connectivity index (χ0) is 25.7. The van der Waals surface area contributed by atoms with Gasteiger partial charge in [0.25, 0.3) is 0 Å². The quantitative estimate of drug-likeness (QED) is 0.207. The van der Waals surface area contributed by atoms with Crippen molar-refractivity contribution in [2.45, 2.75) is 51.4 Å². The molecule has 0 radical (unpaired) electrons. The Hall–Kier alpha value is -2.42. The molecule has 1 fully saturated rings. The van der Waals surface area contributed by atoms with Gasteiger partial charge >= 0.3 is 0 Å². The van der Waals surface area contributed by atoms with Gasteiger partial charge in [-0.3, -0.25) is 9.36 Å². The highest BCUT2D eigenvalue weighted by Crippen LogP contribution is 2.35. The predicted molar refractivity (Wildman–Crippen MR) is 140 cm³/mol. The third kappa shape index (κ3) is 6.28. The zero-order valence-electron chi connectivity index (χ0n) is 20.6. The van der Waals surface area contributed by atoms with Crippen molar-refractivity contribution in [2.24, 2.45) is 13.0 Å². The van der Waals surface area contributed by atoms with Crippen molar-refractivity contribution >= 4 is 51.8 Å². The van der Waals surface area contributed by atoms with Crippen molar-refractivity contribution in [3.05, 3.63) is 39.6 Å². The molecular weight excluding hydrogens is 506 g/mol. The van der Waals surface area contributed by atoms with Crippen LogP contribution in [0.25, 0.3) is 11.2 Å². The lowest BCUT2D eigenvalue weighted by molar-refractivity contribution is 0.0967. The average molecular weight is 537 g/mol. The number of Topliss-reactive ketones (excluding diaryl/α,β-unsaturated/α-hetero) is 1. The number of hydrogen-bond acceptors (Lipinski definition) is 6. The van der Waals surface area contributed by atoms with E-state index in [1.807, 2.05) is 0 Å². The molecule has 0 unspecified atom stereocenters. The molecular formula is C26H31Cl2FN4O3. The standard InChI is InChI=1S/C26H31Cl2FN4O3/c1-33-24-21(30-26(33)31-23-19(27)13-17(29)14-20(23)28)15-18(25(32-24)36-12-11-35-2)22(34)10-6-9-16-7-4-3-5-8-16/h13-16H,3-12H2,1-2H3,(H,30,31). The Morgan fingerprint density at radius 2 is 1.86 bits per heavy atom. The van der Waals surface area contributed by atoms with Gasteiger partial charge in [0.1, 0.15) is 17.9 Å². The molecule has 194 valence electrons. The van der Waals surface area contributed by atoms with Crippen molar-refractivity contribution in [3.63, 3.8) is 0 Å². The summed E-state index contributed by atoms with van der Waals surface area (Å²) in [7, 11) is 3.35. The molecule has 1 aliphatic carbocycles. The minimum absolute atomic E-state index is 0.0163. The topological polar surface area (TPSA) is 78.3 Å². The van der Waals surface area contributed by atoms with Crippen molar-refractivity contribution in [1.82, 2.24) is 14.5 Å². The van der Waals surface area contributed by atoms with E-state index in [0.717, 1.165) is 18.8 Å². The van der Waals surface area contributed by atoms with Gasteiger partial charge in [0.2, 0.25) is 11.8 Å². The summed E-state index contributed by atoms with van der Waals surface area (Å²) < 4.78 is 26.2. The molecule has 0 bridgehead atoms. The molecule has 1 saturated carbocycles. The first-order chi connectivity index (χ1) is 17.4. The maximum Gasteiger partial charge on any atom is 0.226 e. The number of nitrogens with one attached hydrogen (secondary N) is 1. The number of aryl methyl sites for hydroxylation is 1. The number of fused-ring (bicyclic) bond motifs is 1. The van der Waals surface area contributed by atoms with Gasteiger partial charge in [-0.1, -0.05) is 61.7 Å². The highest BCUT2D eigenvalue weighted by atomic mass is 35.5. The van der Waals surface area contributed by atoms with Gasteiger partial charge in [-0.05, 0) is 30.5 Å². The van der Waals surface area contributed by atoms with Gasteiger partial charge in [-0.2, -0.15) is 4.98 Å². The van der Waals surface area contributed by atoms with Gasteiger partial charge in [0.15, 0.2) is 11.4 Å². The highest BCUT2D eigenvalue weighted by Gasteiger charge is 2.21. The number of nitrogens with zero attached hydrogens (tertiary/aromatic N) is 3. The summed E-state index contributed by atoms with van der Waals surface area (Å²) in [5.41, 5.74) is 1.76. The Bertz CT molecular complexity index is 1200. The van der Waals surface area contributed by atoms with E-state index < -0.39 is 5.82 Å². The summed E-state index contributed by atoms with van der Waals surface area (Å²) in [6, 6.07) is 4.05. The summed E-state index contributed by atoms with van der Waals surface area (Å²) in [6.45, 7) is 0.635. The molecule has 0 spiro atoms. The number of benzene rings is 1. The maximum atomic E-state index is 13.6. The second-order valence-electron chi connectivity index (χ2n) is 9.21. The van der Waals surface area contributed by atoms with E-state index in [9.17, 15) is 9.18 Å². The first-order valence-corrected chi connectivity index (χ1v) is 13.1. The SMILES string of the molecule is COCCOc1nc2c(cc1C(=O)CCCC1CCCCC1)nc(Nc1c(Cl)cc(F)cc1Cl)n2C. The van der Waals surface area contributed by atoms with E-state index >= 15 is 0 Å². The van der Waals surface area contributed by atoms with Gasteiger partial charge in [0.05, 0.1) is 27.9 Å². The Labute approximate surface area is 220 Å². The van der Waals surface area contributed by atoms with E-state index in [1.54, 1.807) is 24.8 Å². The number of carbonyl (C=O) groups is 1. The van der Waals surface area contributed by atoms with Crippen molar-refractivity contribution in [1.29, 1.82) is 0 Å². The van der Waals surface area contributed by atoms with Gasteiger partial charge in [-0.15, -0.1) is 0 Å². The van der Waals surface area contributed by atoms with Crippen LogP contribution < -0.4 is 10.1 Å². The maximum absolute atomic E-state index is 13.6. The normalized spacial score (nSPS) is 14.4. The molecule has 10 heteroatoms. The van der Waals surface area contributed by atoms with Crippen LogP contribution in [0.4, 0.5) is 16.0 Å². The minimum Gasteiger partial charge on any atom is -0.475 e. The molecule has 2 heterocycles. The van der Waals surface area contributed by atoms with Crippen molar-refractivity contribution in [2.75, 3.05) is 25.6 Å². The van der Waals surface area contributed by atoms with Crippen LogP contribution in [0, 0.1) is 11.7 Å². The van der Waals surface area contributed by atoms with Crippen LogP contribution in [-0.4, -0.2) is 40.6 Å². The second-order valence-corrected chi connectivity index (χ2v) is 10.0. The van der Waals surface area contributed by atoms with Gasteiger partial charge in [0, 0.05) is 20.6 Å². The lowest BCUT2D eigenvalue weighted by Gasteiger charge is -2.21. The Morgan fingerprint density at radius 1 is 1.14 bits per heavy atom. The molecule has 0 aliphatic heterocycles. The number of methoxy groups -OCH3 is 1. The van der Waals surface area contributed by atoms with Crippen LogP contribution in [0.2, 0.25) is 10.0 Å². The fourth-order valence-electron chi connectivity index (χ4n) is 4.67. The fourth-order valence-corrected chi connectivity index (χ4v) is 5.23. The van der Waals surface area contributed by atoms with Crippen LogP contribution in [0.3, 0.4) is 0 Å². The molecule has 3 aromatic rings. The third-order valence-electron chi connectivity index (χ3n) is 6.62. The van der Waals surface area contributed by atoms with Crippen LogP contribution in [0.1, 0.15) is 61.7 Å². The highest BCUT2D eigenvalue weighted by molar-refractivity contribution is 6.39. The summed E-state index contributed by atoms with van der Waals surface area (Å²) >= 11 is 12.4. The molecule has 36 heavy (non-hydrogen) atoms. The van der Waals surface area contributed by atoms with Gasteiger partial charge in [-0.25, -0.2) is 9.37 Å². The molecule has 0 saturated heterocycles. The third-order valence-corrected chi connectivity index (χ3v) is 7.22. The number of aromatic nitrogens is 3. The molecule has 4 rings (SSSR count). The summed E-state index contributed by atoms with van der Waals surface area (Å²) in [4.78, 5) is 22.4. The lowest BCUT2D eigenvalue weighted by atomic mass is 9.85. The molecule has 1 aliphatic rings. The van der Waals surface area contributed by atoms with E-state index in [2.05, 4.69) is 15.3 Å². The number of halogens is 3.